The quantitative estimate of drug-likeness (QED) is 0.767. The van der Waals surface area contributed by atoms with Gasteiger partial charge in [-0.05, 0) is 31.5 Å². The molecule has 3 nitrogen and oxygen atoms in total. The van der Waals surface area contributed by atoms with Crippen molar-refractivity contribution in [2.75, 3.05) is 0 Å². The Morgan fingerprint density at radius 1 is 1.25 bits per heavy atom. The van der Waals surface area contributed by atoms with E-state index in [1.165, 1.54) is 0 Å². The summed E-state index contributed by atoms with van der Waals surface area (Å²) >= 11 is 0. The maximum absolute atomic E-state index is 11.6. The van der Waals surface area contributed by atoms with E-state index in [4.69, 9.17) is 0 Å². The van der Waals surface area contributed by atoms with Crippen LogP contribution in [0.15, 0.2) is 47.5 Å². The van der Waals surface area contributed by atoms with Gasteiger partial charge in [-0.2, -0.15) is 0 Å². The van der Waals surface area contributed by atoms with Crippen molar-refractivity contribution in [3.63, 3.8) is 0 Å². The first-order valence-corrected chi connectivity index (χ1v) is 5.28. The lowest BCUT2D eigenvalue weighted by molar-refractivity contribution is 0.612. The van der Waals surface area contributed by atoms with Gasteiger partial charge in [0.1, 0.15) is 0 Å². The Morgan fingerprint density at radius 3 is 2.69 bits per heavy atom. The van der Waals surface area contributed by atoms with Crippen LogP contribution in [0.1, 0.15) is 24.2 Å². The van der Waals surface area contributed by atoms with Gasteiger partial charge < -0.3 is 4.57 Å². The van der Waals surface area contributed by atoms with Crippen LogP contribution in [0.3, 0.4) is 0 Å². The molecule has 1 unspecified atom stereocenters. The molecule has 82 valence electrons. The van der Waals surface area contributed by atoms with Crippen molar-refractivity contribution in [3.05, 3.63) is 64.3 Å². The van der Waals surface area contributed by atoms with Crippen molar-refractivity contribution in [2.24, 2.45) is 0 Å². The van der Waals surface area contributed by atoms with E-state index in [1.807, 2.05) is 38.2 Å². The molecule has 2 aromatic heterocycles. The number of hydrogen-bond donors (Lipinski definition) is 0. The van der Waals surface area contributed by atoms with E-state index < -0.39 is 0 Å². The summed E-state index contributed by atoms with van der Waals surface area (Å²) < 4.78 is 1.70. The molecule has 2 aromatic rings. The van der Waals surface area contributed by atoms with E-state index in [2.05, 4.69) is 4.98 Å². The van der Waals surface area contributed by atoms with E-state index in [0.29, 0.717) is 0 Å². The maximum atomic E-state index is 11.6. The Balaban J connectivity index is 2.39. The van der Waals surface area contributed by atoms with E-state index in [-0.39, 0.29) is 11.6 Å². The van der Waals surface area contributed by atoms with Gasteiger partial charge in [-0.25, -0.2) is 0 Å². The van der Waals surface area contributed by atoms with Crippen molar-refractivity contribution in [2.45, 2.75) is 19.9 Å². The summed E-state index contributed by atoms with van der Waals surface area (Å²) in [6.07, 6.45) is 3.62. The summed E-state index contributed by atoms with van der Waals surface area (Å²) in [5, 5.41) is 0. The molecule has 0 aliphatic heterocycles. The van der Waals surface area contributed by atoms with Crippen LogP contribution in [0.4, 0.5) is 0 Å². The van der Waals surface area contributed by atoms with Crippen LogP contribution >= 0.6 is 0 Å². The monoisotopic (exact) mass is 214 g/mol. The molecule has 0 saturated carbocycles. The lowest BCUT2D eigenvalue weighted by Crippen LogP contribution is -2.22. The summed E-state index contributed by atoms with van der Waals surface area (Å²) in [6, 6.07) is 9.16. The zero-order valence-electron chi connectivity index (χ0n) is 9.42. The van der Waals surface area contributed by atoms with Crippen molar-refractivity contribution in [1.82, 2.24) is 9.55 Å². The van der Waals surface area contributed by atoms with Gasteiger partial charge in [-0.3, -0.25) is 9.78 Å². The first-order valence-electron chi connectivity index (χ1n) is 5.28. The van der Waals surface area contributed by atoms with Crippen molar-refractivity contribution < 1.29 is 0 Å². The molecule has 2 heterocycles. The molecule has 0 amide bonds. The molecule has 16 heavy (non-hydrogen) atoms. The Morgan fingerprint density at radius 2 is 2.06 bits per heavy atom. The van der Waals surface area contributed by atoms with Crippen LogP contribution in [-0.4, -0.2) is 9.55 Å². The van der Waals surface area contributed by atoms with Gasteiger partial charge in [0, 0.05) is 24.2 Å². The van der Waals surface area contributed by atoms with Crippen LogP contribution in [-0.2, 0) is 0 Å². The lowest BCUT2D eigenvalue weighted by Gasteiger charge is -2.14. The first kappa shape index (κ1) is 10.6. The molecule has 1 atom stereocenters. The number of nitrogens with zero attached hydrogens (tertiary/aromatic N) is 2. The highest BCUT2D eigenvalue weighted by atomic mass is 16.1. The minimum absolute atomic E-state index is 0.00979. The van der Waals surface area contributed by atoms with Crippen molar-refractivity contribution in [1.29, 1.82) is 0 Å². The van der Waals surface area contributed by atoms with Gasteiger partial charge in [-0.15, -0.1) is 0 Å². The molecule has 0 saturated heterocycles. The molecule has 0 spiro atoms. The average Bonchev–Trinajstić information content (AvgIpc) is 2.30. The normalized spacial score (nSPS) is 12.4. The molecule has 0 aliphatic rings. The van der Waals surface area contributed by atoms with E-state index in [0.717, 1.165) is 11.3 Å². The molecule has 0 fully saturated rings. The SMILES string of the molecule is Cc1ccc(C(C)n2ccccc2=O)cn1. The second-order valence-corrected chi connectivity index (χ2v) is 3.86. The molecular weight excluding hydrogens is 200 g/mol. The van der Waals surface area contributed by atoms with E-state index in [1.54, 1.807) is 22.9 Å². The topological polar surface area (TPSA) is 34.9 Å². The zero-order chi connectivity index (χ0) is 11.5. The Hall–Kier alpha value is -1.90. The average molecular weight is 214 g/mol. The Labute approximate surface area is 94.4 Å². The Bertz CT molecular complexity index is 528. The highest BCUT2D eigenvalue weighted by Crippen LogP contribution is 2.14. The molecule has 0 radical (unpaired) electrons. The molecule has 3 heteroatoms. The second-order valence-electron chi connectivity index (χ2n) is 3.86. The Kier molecular flexibility index (Phi) is 2.86. The fraction of sp³-hybridized carbons (Fsp3) is 0.231. The molecule has 0 aliphatic carbocycles. The lowest BCUT2D eigenvalue weighted by atomic mass is 10.1. The van der Waals surface area contributed by atoms with Crippen LogP contribution in [0, 0.1) is 6.92 Å². The number of pyridine rings is 2. The van der Waals surface area contributed by atoms with Crippen LogP contribution in [0.25, 0.3) is 0 Å². The number of aryl methyl sites for hydroxylation is 1. The first-order chi connectivity index (χ1) is 7.68. The van der Waals surface area contributed by atoms with E-state index in [9.17, 15) is 4.79 Å². The summed E-state index contributed by atoms with van der Waals surface area (Å²) in [6.45, 7) is 3.94. The standard InChI is InChI=1S/C13H14N2O/c1-10-6-7-12(9-14-10)11(2)15-8-4-3-5-13(15)16/h3-9,11H,1-2H3. The van der Waals surface area contributed by atoms with Gasteiger partial charge in [0.2, 0.25) is 0 Å². The summed E-state index contributed by atoms with van der Waals surface area (Å²) in [5.74, 6) is 0. The third kappa shape index (κ3) is 2.03. The fourth-order valence-electron chi connectivity index (χ4n) is 1.65. The summed E-state index contributed by atoms with van der Waals surface area (Å²) in [7, 11) is 0. The fourth-order valence-corrected chi connectivity index (χ4v) is 1.65. The minimum Gasteiger partial charge on any atom is -0.308 e. The van der Waals surface area contributed by atoms with Crippen molar-refractivity contribution >= 4 is 0 Å². The van der Waals surface area contributed by atoms with Gasteiger partial charge in [0.15, 0.2) is 0 Å². The van der Waals surface area contributed by atoms with Gasteiger partial charge in [0.05, 0.1) is 6.04 Å². The smallest absolute Gasteiger partial charge is 0.251 e. The predicted octanol–water partition coefficient (Wildman–Crippen LogP) is 2.16. The number of aromatic nitrogens is 2. The summed E-state index contributed by atoms with van der Waals surface area (Å²) in [4.78, 5) is 15.9. The van der Waals surface area contributed by atoms with Gasteiger partial charge in [-0.1, -0.05) is 12.1 Å². The third-order valence-corrected chi connectivity index (χ3v) is 2.68. The third-order valence-electron chi connectivity index (χ3n) is 2.68. The molecule has 0 aromatic carbocycles. The number of rotatable bonds is 2. The van der Waals surface area contributed by atoms with E-state index >= 15 is 0 Å². The maximum Gasteiger partial charge on any atom is 0.251 e. The largest absolute Gasteiger partial charge is 0.308 e. The zero-order valence-corrected chi connectivity index (χ0v) is 9.42. The predicted molar refractivity (Wildman–Crippen MR) is 63.5 cm³/mol. The summed E-state index contributed by atoms with van der Waals surface area (Å²) in [5.41, 5.74) is 2.03. The molecule has 0 N–H and O–H groups in total. The van der Waals surface area contributed by atoms with Crippen LogP contribution < -0.4 is 5.56 Å². The number of hydrogen-bond acceptors (Lipinski definition) is 2. The molecule has 2 rings (SSSR count). The van der Waals surface area contributed by atoms with Crippen molar-refractivity contribution in [3.8, 4) is 0 Å². The van der Waals surface area contributed by atoms with Gasteiger partial charge >= 0.3 is 0 Å². The highest BCUT2D eigenvalue weighted by molar-refractivity contribution is 5.18. The van der Waals surface area contributed by atoms with Crippen LogP contribution in [0.2, 0.25) is 0 Å². The highest BCUT2D eigenvalue weighted by Gasteiger charge is 2.08. The second kappa shape index (κ2) is 4.31. The van der Waals surface area contributed by atoms with Crippen LogP contribution in [0.5, 0.6) is 0 Å². The minimum atomic E-state index is 0.00979. The van der Waals surface area contributed by atoms with Gasteiger partial charge in [0.25, 0.3) is 5.56 Å². The molecule has 0 bridgehead atoms. The molecular formula is C13H14N2O.